The molecule has 2 amide bonds. The van der Waals surface area contributed by atoms with E-state index < -0.39 is 0 Å². The number of benzene rings is 1. The van der Waals surface area contributed by atoms with Crippen LogP contribution in [-0.4, -0.2) is 37.6 Å². The Hall–Kier alpha value is -2.18. The van der Waals surface area contributed by atoms with Gasteiger partial charge in [0.25, 0.3) is 5.91 Å². The molecule has 1 aliphatic heterocycles. The first kappa shape index (κ1) is 19.6. The molecule has 3 rings (SSSR count). The number of carbonyl (C=O) groups excluding carboxylic acids is 2. The second kappa shape index (κ2) is 9.15. The molecule has 0 spiro atoms. The Balaban J connectivity index is 1.50. The van der Waals surface area contributed by atoms with Gasteiger partial charge in [-0.25, -0.2) is 0 Å². The van der Waals surface area contributed by atoms with Gasteiger partial charge in [0.15, 0.2) is 0 Å². The fourth-order valence-corrected chi connectivity index (χ4v) is 3.75. The monoisotopic (exact) mass is 386 g/mol. The molecule has 0 saturated carbocycles. The average Bonchev–Trinajstić information content (AvgIpc) is 3.19. The molecule has 0 bridgehead atoms. The first-order valence-electron chi connectivity index (χ1n) is 9.34. The van der Waals surface area contributed by atoms with Crippen molar-refractivity contribution in [3.05, 3.63) is 52.2 Å². The second-order valence-electron chi connectivity index (χ2n) is 7.07. The topological polar surface area (TPSA) is 58.6 Å². The van der Waals surface area contributed by atoms with Crippen molar-refractivity contribution >= 4 is 28.8 Å². The van der Waals surface area contributed by atoms with Gasteiger partial charge in [-0.3, -0.25) is 9.59 Å². The minimum absolute atomic E-state index is 0.0109. The van der Waals surface area contributed by atoms with Crippen LogP contribution in [0, 0.1) is 0 Å². The van der Waals surface area contributed by atoms with E-state index in [1.807, 2.05) is 29.6 Å². The number of nitrogens with one attached hydrogen (secondary N) is 1. The number of morpholine rings is 1. The van der Waals surface area contributed by atoms with Crippen molar-refractivity contribution < 1.29 is 14.3 Å². The molecule has 0 radical (unpaired) electrons. The summed E-state index contributed by atoms with van der Waals surface area (Å²) in [5.74, 6) is 0.417. The maximum absolute atomic E-state index is 12.2. The van der Waals surface area contributed by atoms with Gasteiger partial charge in [-0.15, -0.1) is 11.3 Å². The molecule has 1 aromatic carbocycles. The van der Waals surface area contributed by atoms with Crippen LogP contribution in [0.25, 0.3) is 0 Å². The van der Waals surface area contributed by atoms with Crippen LogP contribution in [0.15, 0.2) is 41.8 Å². The van der Waals surface area contributed by atoms with Gasteiger partial charge in [0, 0.05) is 23.5 Å². The lowest BCUT2D eigenvalue weighted by molar-refractivity contribution is -0.129. The standard InChI is InChI=1S/C21H26N2O3S/c1-15(2)16-5-7-17(8-6-16)23-13-18(26-14-21(23)25)12-22-20(24)10-9-19-4-3-11-27-19/h3-8,11,15,18H,9-10,12-14H2,1-2H3,(H,22,24). The van der Waals surface area contributed by atoms with Crippen LogP contribution in [0.4, 0.5) is 5.69 Å². The number of aryl methyl sites for hydroxylation is 1. The molecule has 1 fully saturated rings. The number of hydrogen-bond acceptors (Lipinski definition) is 4. The highest BCUT2D eigenvalue weighted by Crippen LogP contribution is 2.22. The van der Waals surface area contributed by atoms with Gasteiger partial charge in [-0.05, 0) is 41.5 Å². The SMILES string of the molecule is CC(C)c1ccc(N2CC(CNC(=O)CCc3cccs3)OCC2=O)cc1. The van der Waals surface area contributed by atoms with E-state index in [2.05, 4.69) is 31.3 Å². The highest BCUT2D eigenvalue weighted by molar-refractivity contribution is 7.09. The summed E-state index contributed by atoms with van der Waals surface area (Å²) in [6.45, 7) is 5.20. The van der Waals surface area contributed by atoms with Crippen molar-refractivity contribution in [2.45, 2.75) is 38.7 Å². The summed E-state index contributed by atoms with van der Waals surface area (Å²) < 4.78 is 5.60. The van der Waals surface area contributed by atoms with Crippen molar-refractivity contribution in [2.75, 3.05) is 24.6 Å². The number of amides is 2. The lowest BCUT2D eigenvalue weighted by Gasteiger charge is -2.33. The van der Waals surface area contributed by atoms with E-state index in [1.165, 1.54) is 10.4 Å². The van der Waals surface area contributed by atoms with Crippen molar-refractivity contribution in [1.29, 1.82) is 0 Å². The molecule has 1 aliphatic rings. The van der Waals surface area contributed by atoms with Crippen LogP contribution in [0.2, 0.25) is 0 Å². The molecular formula is C21H26N2O3S. The first-order chi connectivity index (χ1) is 13.0. The highest BCUT2D eigenvalue weighted by Gasteiger charge is 2.27. The van der Waals surface area contributed by atoms with Gasteiger partial charge in [0.1, 0.15) is 6.61 Å². The van der Waals surface area contributed by atoms with Crippen LogP contribution < -0.4 is 10.2 Å². The number of ether oxygens (including phenoxy) is 1. The van der Waals surface area contributed by atoms with Crippen LogP contribution in [0.1, 0.15) is 36.6 Å². The average molecular weight is 387 g/mol. The van der Waals surface area contributed by atoms with E-state index in [0.29, 0.717) is 25.4 Å². The Morgan fingerprint density at radius 2 is 2.07 bits per heavy atom. The van der Waals surface area contributed by atoms with Gasteiger partial charge in [0.05, 0.1) is 12.6 Å². The highest BCUT2D eigenvalue weighted by atomic mass is 32.1. The van der Waals surface area contributed by atoms with Crippen molar-refractivity contribution in [3.8, 4) is 0 Å². The number of carbonyl (C=O) groups is 2. The molecule has 1 atom stereocenters. The van der Waals surface area contributed by atoms with Crippen molar-refractivity contribution in [1.82, 2.24) is 5.32 Å². The van der Waals surface area contributed by atoms with E-state index in [4.69, 9.17) is 4.74 Å². The quantitative estimate of drug-likeness (QED) is 0.794. The van der Waals surface area contributed by atoms with Crippen LogP contribution in [0.5, 0.6) is 0 Å². The summed E-state index contributed by atoms with van der Waals surface area (Å²) in [5, 5.41) is 4.94. The maximum atomic E-state index is 12.2. The number of rotatable bonds is 7. The lowest BCUT2D eigenvalue weighted by atomic mass is 10.0. The van der Waals surface area contributed by atoms with Crippen LogP contribution >= 0.6 is 11.3 Å². The zero-order chi connectivity index (χ0) is 19.2. The smallest absolute Gasteiger partial charge is 0.253 e. The lowest BCUT2D eigenvalue weighted by Crippen LogP contribution is -2.50. The molecule has 27 heavy (non-hydrogen) atoms. The molecular weight excluding hydrogens is 360 g/mol. The predicted molar refractivity (Wildman–Crippen MR) is 108 cm³/mol. The Labute approximate surface area is 164 Å². The third-order valence-electron chi connectivity index (χ3n) is 4.71. The normalized spacial score (nSPS) is 17.4. The van der Waals surface area contributed by atoms with E-state index in [-0.39, 0.29) is 24.5 Å². The summed E-state index contributed by atoms with van der Waals surface area (Å²) >= 11 is 1.66. The third-order valence-corrected chi connectivity index (χ3v) is 5.64. The Bertz CT molecular complexity index is 756. The van der Waals surface area contributed by atoms with E-state index in [1.54, 1.807) is 16.2 Å². The first-order valence-corrected chi connectivity index (χ1v) is 10.2. The van der Waals surface area contributed by atoms with Gasteiger partial charge in [-0.1, -0.05) is 32.0 Å². The molecule has 0 aliphatic carbocycles. The third kappa shape index (κ3) is 5.40. The summed E-state index contributed by atoms with van der Waals surface area (Å²) in [6.07, 6.45) is 1.02. The Kier molecular flexibility index (Phi) is 6.63. The molecule has 1 unspecified atom stereocenters. The largest absolute Gasteiger partial charge is 0.365 e. The zero-order valence-electron chi connectivity index (χ0n) is 15.8. The number of nitrogens with zero attached hydrogens (tertiary/aromatic N) is 1. The summed E-state index contributed by atoms with van der Waals surface area (Å²) in [6, 6.07) is 12.1. The molecule has 6 heteroatoms. The summed E-state index contributed by atoms with van der Waals surface area (Å²) in [5.41, 5.74) is 2.12. The number of hydrogen-bond donors (Lipinski definition) is 1. The summed E-state index contributed by atoms with van der Waals surface area (Å²) in [4.78, 5) is 27.3. The minimum atomic E-state index is -0.196. The Morgan fingerprint density at radius 3 is 2.74 bits per heavy atom. The summed E-state index contributed by atoms with van der Waals surface area (Å²) in [7, 11) is 0. The molecule has 5 nitrogen and oxygen atoms in total. The number of thiophene rings is 1. The molecule has 1 N–H and O–H groups in total. The van der Waals surface area contributed by atoms with Crippen molar-refractivity contribution in [3.63, 3.8) is 0 Å². The van der Waals surface area contributed by atoms with Crippen LogP contribution in [-0.2, 0) is 20.7 Å². The fraction of sp³-hybridized carbons (Fsp3) is 0.429. The minimum Gasteiger partial charge on any atom is -0.365 e. The number of anilines is 1. The van der Waals surface area contributed by atoms with E-state index in [0.717, 1.165) is 12.1 Å². The van der Waals surface area contributed by atoms with Gasteiger partial charge >= 0.3 is 0 Å². The van der Waals surface area contributed by atoms with Crippen molar-refractivity contribution in [2.24, 2.45) is 0 Å². The second-order valence-corrected chi connectivity index (χ2v) is 8.10. The van der Waals surface area contributed by atoms with E-state index in [9.17, 15) is 9.59 Å². The fourth-order valence-electron chi connectivity index (χ4n) is 3.04. The van der Waals surface area contributed by atoms with Gasteiger partial charge in [-0.2, -0.15) is 0 Å². The van der Waals surface area contributed by atoms with Crippen LogP contribution in [0.3, 0.4) is 0 Å². The molecule has 1 saturated heterocycles. The van der Waals surface area contributed by atoms with Gasteiger partial charge in [0.2, 0.25) is 5.91 Å². The van der Waals surface area contributed by atoms with Gasteiger partial charge < -0.3 is 15.0 Å². The molecule has 1 aromatic heterocycles. The maximum Gasteiger partial charge on any atom is 0.253 e. The molecule has 2 aromatic rings. The van der Waals surface area contributed by atoms with E-state index >= 15 is 0 Å². The molecule has 144 valence electrons. The zero-order valence-corrected chi connectivity index (χ0v) is 16.6. The Morgan fingerprint density at radius 1 is 1.30 bits per heavy atom. The molecule has 2 heterocycles. The predicted octanol–water partition coefficient (Wildman–Crippen LogP) is 3.35.